The molecule has 4 N–H and O–H groups in total. The van der Waals surface area contributed by atoms with Gasteiger partial charge in [-0.2, -0.15) is 0 Å². The fourth-order valence-electron chi connectivity index (χ4n) is 2.70. The van der Waals surface area contributed by atoms with E-state index in [1.807, 2.05) is 27.7 Å². The molecule has 26 heavy (non-hydrogen) atoms. The second-order valence-corrected chi connectivity index (χ2v) is 7.11. The first-order chi connectivity index (χ1) is 12.3. The third kappa shape index (κ3) is 4.19. The largest absolute Gasteiger partial charge is 0.352 e. The molecule has 8 nitrogen and oxygen atoms in total. The van der Waals surface area contributed by atoms with Crippen LogP contribution in [0.3, 0.4) is 0 Å². The fraction of sp³-hybridized carbons (Fsp3) is 0.556. The van der Waals surface area contributed by atoms with Crippen LogP contribution in [0.5, 0.6) is 0 Å². The van der Waals surface area contributed by atoms with E-state index in [-0.39, 0.29) is 34.3 Å². The molecule has 0 aliphatic heterocycles. The van der Waals surface area contributed by atoms with Crippen LogP contribution in [0.15, 0.2) is 15.7 Å². The number of nitrogens with zero attached hydrogens (tertiary/aromatic N) is 2. The number of hydrogen-bond acceptors (Lipinski definition) is 5. The molecule has 0 bridgehead atoms. The summed E-state index contributed by atoms with van der Waals surface area (Å²) in [6.07, 6.45) is 0.639. The van der Waals surface area contributed by atoms with Crippen molar-refractivity contribution in [2.75, 3.05) is 13.1 Å². The number of H-pyrrole nitrogens is 1. The normalized spacial score (nSPS) is 11.5. The quantitative estimate of drug-likeness (QED) is 0.634. The van der Waals surface area contributed by atoms with Gasteiger partial charge in [0.1, 0.15) is 0 Å². The molecule has 0 saturated heterocycles. The van der Waals surface area contributed by atoms with Gasteiger partial charge in [0, 0.05) is 18.8 Å². The maximum absolute atomic E-state index is 12.7. The molecule has 0 radical (unpaired) electrons. The summed E-state index contributed by atoms with van der Waals surface area (Å²) in [5.41, 5.74) is 5.49. The summed E-state index contributed by atoms with van der Waals surface area (Å²) in [4.78, 5) is 44.3. The Bertz CT molecular complexity index is 911. The zero-order valence-corrected chi connectivity index (χ0v) is 15.8. The first kappa shape index (κ1) is 19.8. The molecule has 2 heterocycles. The van der Waals surface area contributed by atoms with Gasteiger partial charge < -0.3 is 11.1 Å². The van der Waals surface area contributed by atoms with Crippen molar-refractivity contribution < 1.29 is 4.79 Å². The molecule has 1 amide bonds. The van der Waals surface area contributed by atoms with E-state index in [0.717, 1.165) is 0 Å². The number of carbonyl (C=O) groups is 1. The van der Waals surface area contributed by atoms with Crippen LogP contribution in [0.2, 0.25) is 0 Å². The SMILES string of the molecule is CC(C)Cn1c(=O)[nH]c(=O)c2c(C(=O)NCCCN)cc(C(C)C)nc21. The lowest BCUT2D eigenvalue weighted by atomic mass is 10.0. The van der Waals surface area contributed by atoms with Gasteiger partial charge in [-0.1, -0.05) is 27.7 Å². The van der Waals surface area contributed by atoms with Gasteiger partial charge in [0.2, 0.25) is 0 Å². The molecule has 142 valence electrons. The monoisotopic (exact) mass is 361 g/mol. The molecule has 0 atom stereocenters. The number of fused-ring (bicyclic) bond motifs is 1. The van der Waals surface area contributed by atoms with E-state index in [1.54, 1.807) is 6.07 Å². The lowest BCUT2D eigenvalue weighted by Gasteiger charge is -2.16. The zero-order chi connectivity index (χ0) is 19.4. The summed E-state index contributed by atoms with van der Waals surface area (Å²) in [5, 5.41) is 2.91. The number of hydrogen-bond donors (Lipinski definition) is 3. The summed E-state index contributed by atoms with van der Waals surface area (Å²) in [6, 6.07) is 1.63. The number of nitrogens with one attached hydrogen (secondary N) is 2. The van der Waals surface area contributed by atoms with Crippen LogP contribution in [0.25, 0.3) is 11.0 Å². The minimum absolute atomic E-state index is 0.0388. The molecule has 0 spiro atoms. The highest BCUT2D eigenvalue weighted by molar-refractivity contribution is 6.05. The van der Waals surface area contributed by atoms with E-state index in [4.69, 9.17) is 5.73 Å². The average Bonchev–Trinajstić information content (AvgIpc) is 2.57. The fourth-order valence-corrected chi connectivity index (χ4v) is 2.70. The van der Waals surface area contributed by atoms with Gasteiger partial charge in [0.05, 0.1) is 10.9 Å². The van der Waals surface area contributed by atoms with Crippen LogP contribution < -0.4 is 22.3 Å². The predicted octanol–water partition coefficient (Wildman–Crippen LogP) is 0.943. The second kappa shape index (κ2) is 8.27. The molecular formula is C18H27N5O3. The van der Waals surface area contributed by atoms with E-state index in [0.29, 0.717) is 31.7 Å². The van der Waals surface area contributed by atoms with E-state index < -0.39 is 11.2 Å². The smallest absolute Gasteiger partial charge is 0.330 e. The van der Waals surface area contributed by atoms with Crippen molar-refractivity contribution in [1.29, 1.82) is 0 Å². The lowest BCUT2D eigenvalue weighted by molar-refractivity contribution is 0.0955. The Kier molecular flexibility index (Phi) is 6.31. The molecule has 0 aromatic carbocycles. The zero-order valence-electron chi connectivity index (χ0n) is 15.8. The maximum atomic E-state index is 12.7. The van der Waals surface area contributed by atoms with Crippen LogP contribution in [0.1, 0.15) is 56.1 Å². The summed E-state index contributed by atoms with van der Waals surface area (Å²) in [6.45, 7) is 9.11. The summed E-state index contributed by atoms with van der Waals surface area (Å²) < 4.78 is 1.43. The predicted molar refractivity (Wildman–Crippen MR) is 102 cm³/mol. The van der Waals surface area contributed by atoms with Gasteiger partial charge in [0.15, 0.2) is 5.65 Å². The van der Waals surface area contributed by atoms with Crippen molar-refractivity contribution in [2.45, 2.75) is 46.6 Å². The molecule has 0 aliphatic rings. The number of amides is 1. The van der Waals surface area contributed by atoms with Crippen molar-refractivity contribution in [3.63, 3.8) is 0 Å². The molecule has 0 unspecified atom stereocenters. The number of aromatic nitrogens is 3. The number of nitrogens with two attached hydrogens (primary N) is 1. The topological polar surface area (TPSA) is 123 Å². The molecule has 8 heteroatoms. The standard InChI is InChI=1S/C18H27N5O3/c1-10(2)9-23-15-14(17(25)22-18(23)26)12(8-13(21-15)11(3)4)16(24)20-7-5-6-19/h8,10-11H,5-7,9,19H2,1-4H3,(H,20,24)(H,22,25,26). The Hall–Kier alpha value is -2.48. The number of carbonyl (C=O) groups excluding carboxylic acids is 1. The van der Waals surface area contributed by atoms with Crippen LogP contribution >= 0.6 is 0 Å². The van der Waals surface area contributed by atoms with Gasteiger partial charge in [-0.15, -0.1) is 0 Å². The van der Waals surface area contributed by atoms with Gasteiger partial charge in [-0.05, 0) is 30.9 Å². The second-order valence-electron chi connectivity index (χ2n) is 7.11. The number of aromatic amines is 1. The molecule has 0 saturated carbocycles. The van der Waals surface area contributed by atoms with E-state index >= 15 is 0 Å². The summed E-state index contributed by atoms with van der Waals surface area (Å²) >= 11 is 0. The van der Waals surface area contributed by atoms with Gasteiger partial charge >= 0.3 is 5.69 Å². The Morgan fingerprint density at radius 2 is 2.00 bits per heavy atom. The van der Waals surface area contributed by atoms with Crippen molar-refractivity contribution in [2.24, 2.45) is 11.7 Å². The summed E-state index contributed by atoms with van der Waals surface area (Å²) in [5.74, 6) is -0.155. The third-order valence-corrected chi connectivity index (χ3v) is 4.02. The minimum Gasteiger partial charge on any atom is -0.352 e. The molecule has 0 fully saturated rings. The van der Waals surface area contributed by atoms with Crippen molar-refractivity contribution in [3.8, 4) is 0 Å². The van der Waals surface area contributed by atoms with Crippen molar-refractivity contribution in [1.82, 2.24) is 19.9 Å². The first-order valence-electron chi connectivity index (χ1n) is 8.92. The van der Waals surface area contributed by atoms with Crippen LogP contribution in [0.4, 0.5) is 0 Å². The Morgan fingerprint density at radius 3 is 2.58 bits per heavy atom. The minimum atomic E-state index is -0.600. The number of pyridine rings is 1. The average molecular weight is 361 g/mol. The molecule has 2 rings (SSSR count). The van der Waals surface area contributed by atoms with Crippen LogP contribution in [-0.2, 0) is 6.54 Å². The first-order valence-corrected chi connectivity index (χ1v) is 8.92. The third-order valence-electron chi connectivity index (χ3n) is 4.02. The van der Waals surface area contributed by atoms with Gasteiger partial charge in [-0.3, -0.25) is 19.1 Å². The highest BCUT2D eigenvalue weighted by Crippen LogP contribution is 2.20. The van der Waals surface area contributed by atoms with Crippen molar-refractivity contribution in [3.05, 3.63) is 38.2 Å². The summed E-state index contributed by atoms with van der Waals surface area (Å²) in [7, 11) is 0. The number of rotatable bonds is 7. The molecule has 2 aromatic heterocycles. The van der Waals surface area contributed by atoms with Crippen LogP contribution in [-0.4, -0.2) is 33.5 Å². The van der Waals surface area contributed by atoms with Gasteiger partial charge in [0.25, 0.3) is 11.5 Å². The molecule has 0 aliphatic carbocycles. The molecular weight excluding hydrogens is 334 g/mol. The maximum Gasteiger partial charge on any atom is 0.330 e. The highest BCUT2D eigenvalue weighted by Gasteiger charge is 2.20. The van der Waals surface area contributed by atoms with Gasteiger partial charge in [-0.25, -0.2) is 9.78 Å². The van der Waals surface area contributed by atoms with E-state index in [9.17, 15) is 14.4 Å². The Balaban J connectivity index is 2.76. The van der Waals surface area contributed by atoms with Crippen molar-refractivity contribution >= 4 is 16.9 Å². The Morgan fingerprint density at radius 1 is 1.31 bits per heavy atom. The highest BCUT2D eigenvalue weighted by atomic mass is 16.2. The van der Waals surface area contributed by atoms with Crippen LogP contribution in [0, 0.1) is 5.92 Å². The van der Waals surface area contributed by atoms with E-state index in [2.05, 4.69) is 15.3 Å². The Labute approximate surface area is 151 Å². The van der Waals surface area contributed by atoms with E-state index in [1.165, 1.54) is 4.57 Å². The lowest BCUT2D eigenvalue weighted by Crippen LogP contribution is -2.34. The molecule has 2 aromatic rings.